The SMILES string of the molecule is CC1C(C)C1C1C(C)C1C. The predicted octanol–water partition coefficient (Wildman–Crippen LogP) is 2.79. The van der Waals surface area contributed by atoms with Gasteiger partial charge in [0.05, 0.1) is 0 Å². The Morgan fingerprint density at radius 3 is 0.800 bits per heavy atom. The van der Waals surface area contributed by atoms with Crippen LogP contribution in [0.4, 0.5) is 0 Å². The van der Waals surface area contributed by atoms with E-state index in [1.807, 2.05) is 0 Å². The smallest absolute Gasteiger partial charge is 0.0324 e. The van der Waals surface area contributed by atoms with Crippen molar-refractivity contribution in [3.8, 4) is 0 Å². The van der Waals surface area contributed by atoms with E-state index in [2.05, 4.69) is 27.7 Å². The molecular weight excluding hydrogens is 120 g/mol. The fourth-order valence-corrected chi connectivity index (χ4v) is 2.80. The van der Waals surface area contributed by atoms with Crippen LogP contribution in [0, 0.1) is 35.5 Å². The quantitative estimate of drug-likeness (QED) is 0.522. The molecule has 4 atom stereocenters. The van der Waals surface area contributed by atoms with Crippen LogP contribution in [0.1, 0.15) is 27.7 Å². The molecule has 0 aliphatic heterocycles. The number of hydrogen-bond donors (Lipinski definition) is 0. The highest BCUT2D eigenvalue weighted by molar-refractivity contribution is 5.06. The average molecular weight is 138 g/mol. The fraction of sp³-hybridized carbons (Fsp3) is 1.00. The van der Waals surface area contributed by atoms with Crippen molar-refractivity contribution in [3.63, 3.8) is 0 Å². The van der Waals surface area contributed by atoms with Gasteiger partial charge >= 0.3 is 0 Å². The third kappa shape index (κ3) is 0.681. The van der Waals surface area contributed by atoms with E-state index in [0.717, 1.165) is 35.5 Å². The van der Waals surface area contributed by atoms with Gasteiger partial charge in [-0.05, 0) is 35.5 Å². The van der Waals surface area contributed by atoms with Gasteiger partial charge in [0, 0.05) is 0 Å². The first-order chi connectivity index (χ1) is 4.64. The molecule has 2 aliphatic rings. The topological polar surface area (TPSA) is 0 Å². The Kier molecular flexibility index (Phi) is 1.19. The van der Waals surface area contributed by atoms with Crippen molar-refractivity contribution in [1.82, 2.24) is 0 Å². The Morgan fingerprint density at radius 1 is 0.500 bits per heavy atom. The van der Waals surface area contributed by atoms with Gasteiger partial charge < -0.3 is 0 Å². The van der Waals surface area contributed by atoms with Crippen molar-refractivity contribution < 1.29 is 0 Å². The Hall–Kier alpha value is 0. The molecule has 0 saturated heterocycles. The summed E-state index contributed by atoms with van der Waals surface area (Å²) in [5.41, 5.74) is 0. The van der Waals surface area contributed by atoms with E-state index in [0.29, 0.717) is 0 Å². The summed E-state index contributed by atoms with van der Waals surface area (Å²) in [5, 5.41) is 0. The lowest BCUT2D eigenvalue weighted by Gasteiger charge is -1.90. The van der Waals surface area contributed by atoms with Crippen molar-refractivity contribution in [3.05, 3.63) is 0 Å². The lowest BCUT2D eigenvalue weighted by molar-refractivity contribution is 0.578. The first kappa shape index (κ1) is 6.69. The molecule has 10 heavy (non-hydrogen) atoms. The number of rotatable bonds is 1. The van der Waals surface area contributed by atoms with Gasteiger partial charge in [-0.2, -0.15) is 0 Å². The van der Waals surface area contributed by atoms with Crippen molar-refractivity contribution >= 4 is 0 Å². The lowest BCUT2D eigenvalue weighted by Crippen LogP contribution is -1.85. The lowest BCUT2D eigenvalue weighted by atomic mass is 10.2. The molecule has 0 aromatic carbocycles. The fourth-order valence-electron chi connectivity index (χ4n) is 2.80. The highest BCUT2D eigenvalue weighted by Gasteiger charge is 2.59. The molecule has 0 N–H and O–H groups in total. The molecule has 0 aromatic rings. The minimum absolute atomic E-state index is 1.04. The Bertz CT molecular complexity index is 116. The van der Waals surface area contributed by atoms with Gasteiger partial charge in [-0.1, -0.05) is 27.7 Å². The molecule has 2 saturated carbocycles. The van der Waals surface area contributed by atoms with Gasteiger partial charge in [0.2, 0.25) is 0 Å². The molecule has 4 unspecified atom stereocenters. The van der Waals surface area contributed by atoms with E-state index < -0.39 is 0 Å². The summed E-state index contributed by atoms with van der Waals surface area (Å²) >= 11 is 0. The van der Waals surface area contributed by atoms with Crippen molar-refractivity contribution in [2.24, 2.45) is 35.5 Å². The minimum Gasteiger partial charge on any atom is -0.0620 e. The predicted molar refractivity (Wildman–Crippen MR) is 43.6 cm³/mol. The van der Waals surface area contributed by atoms with Gasteiger partial charge in [-0.15, -0.1) is 0 Å². The van der Waals surface area contributed by atoms with Crippen LogP contribution in [0.5, 0.6) is 0 Å². The molecule has 0 nitrogen and oxygen atoms in total. The van der Waals surface area contributed by atoms with E-state index >= 15 is 0 Å². The van der Waals surface area contributed by atoms with E-state index in [4.69, 9.17) is 0 Å². The summed E-state index contributed by atoms with van der Waals surface area (Å²) in [6.07, 6.45) is 0. The van der Waals surface area contributed by atoms with Crippen LogP contribution in [-0.4, -0.2) is 0 Å². The maximum atomic E-state index is 2.41. The average Bonchev–Trinajstić information content (AvgIpc) is 2.62. The molecule has 0 spiro atoms. The molecule has 0 heteroatoms. The van der Waals surface area contributed by atoms with E-state index in [1.54, 1.807) is 0 Å². The molecule has 0 radical (unpaired) electrons. The van der Waals surface area contributed by atoms with Crippen LogP contribution >= 0.6 is 0 Å². The molecule has 0 amide bonds. The zero-order chi connectivity index (χ0) is 7.46. The maximum absolute atomic E-state index is 2.41. The van der Waals surface area contributed by atoms with Crippen molar-refractivity contribution in [1.29, 1.82) is 0 Å². The molecule has 2 fully saturated rings. The van der Waals surface area contributed by atoms with Gasteiger partial charge in [0.25, 0.3) is 0 Å². The molecule has 0 heterocycles. The van der Waals surface area contributed by atoms with E-state index in [1.165, 1.54) is 0 Å². The first-order valence-corrected chi connectivity index (χ1v) is 4.64. The maximum Gasteiger partial charge on any atom is -0.0324 e. The summed E-state index contributed by atoms with van der Waals surface area (Å²) in [5.74, 6) is 6.36. The minimum atomic E-state index is 1.04. The Labute approximate surface area is 64.0 Å². The highest BCUT2D eigenvalue weighted by Crippen LogP contribution is 2.63. The summed E-state index contributed by atoms with van der Waals surface area (Å²) in [6, 6.07) is 0. The summed E-state index contributed by atoms with van der Waals surface area (Å²) in [4.78, 5) is 0. The van der Waals surface area contributed by atoms with Crippen LogP contribution < -0.4 is 0 Å². The van der Waals surface area contributed by atoms with Gasteiger partial charge in [-0.25, -0.2) is 0 Å². The van der Waals surface area contributed by atoms with Gasteiger partial charge in [0.1, 0.15) is 0 Å². The van der Waals surface area contributed by atoms with Crippen LogP contribution in [0.2, 0.25) is 0 Å². The second-order valence-corrected chi connectivity index (χ2v) is 4.59. The molecule has 0 bridgehead atoms. The normalized spacial score (nSPS) is 66.0. The largest absolute Gasteiger partial charge is 0.0620 e. The van der Waals surface area contributed by atoms with Gasteiger partial charge in [-0.3, -0.25) is 0 Å². The third-order valence-corrected chi connectivity index (χ3v) is 4.25. The second-order valence-electron chi connectivity index (χ2n) is 4.59. The monoisotopic (exact) mass is 138 g/mol. The molecule has 58 valence electrons. The van der Waals surface area contributed by atoms with Crippen LogP contribution in [-0.2, 0) is 0 Å². The van der Waals surface area contributed by atoms with Crippen LogP contribution in [0.25, 0.3) is 0 Å². The molecule has 2 rings (SSSR count). The Balaban J connectivity index is 1.94. The van der Waals surface area contributed by atoms with E-state index in [9.17, 15) is 0 Å². The zero-order valence-electron chi connectivity index (χ0n) is 7.46. The highest BCUT2D eigenvalue weighted by atomic mass is 14.6. The number of hydrogen-bond acceptors (Lipinski definition) is 0. The summed E-state index contributed by atoms with van der Waals surface area (Å²) in [6.45, 7) is 9.64. The third-order valence-electron chi connectivity index (χ3n) is 4.25. The molecular formula is C10H18. The first-order valence-electron chi connectivity index (χ1n) is 4.64. The van der Waals surface area contributed by atoms with Crippen molar-refractivity contribution in [2.75, 3.05) is 0 Å². The standard InChI is InChI=1S/C10H18/c1-5-6(2)9(5)10-7(3)8(10)4/h5-10H,1-4H3. The van der Waals surface area contributed by atoms with Gasteiger partial charge in [0.15, 0.2) is 0 Å². The van der Waals surface area contributed by atoms with Crippen molar-refractivity contribution in [2.45, 2.75) is 27.7 Å². The molecule has 2 aliphatic carbocycles. The summed E-state index contributed by atoms with van der Waals surface area (Å²) in [7, 11) is 0. The summed E-state index contributed by atoms with van der Waals surface area (Å²) < 4.78 is 0. The Morgan fingerprint density at radius 2 is 0.700 bits per heavy atom. The zero-order valence-corrected chi connectivity index (χ0v) is 7.46. The van der Waals surface area contributed by atoms with E-state index in [-0.39, 0.29) is 0 Å². The van der Waals surface area contributed by atoms with Crippen LogP contribution in [0.15, 0.2) is 0 Å². The second kappa shape index (κ2) is 1.78. The molecule has 0 aromatic heterocycles. The van der Waals surface area contributed by atoms with Crippen LogP contribution in [0.3, 0.4) is 0 Å².